The molecule has 0 aliphatic heterocycles. The summed E-state index contributed by atoms with van der Waals surface area (Å²) < 4.78 is 41.8. The second-order valence-electron chi connectivity index (χ2n) is 4.83. The molecule has 0 spiro atoms. The number of aromatic hydroxyl groups is 1. The number of hydrogen-bond acceptors (Lipinski definition) is 5. The maximum atomic E-state index is 12.2. The lowest BCUT2D eigenvalue weighted by Gasteiger charge is -2.10. The number of hydrazine groups is 1. The number of phenols is 1. The molecule has 0 saturated heterocycles. The number of carbonyl (C=O) groups is 2. The summed E-state index contributed by atoms with van der Waals surface area (Å²) >= 11 is -0.259. The van der Waals surface area contributed by atoms with E-state index in [9.17, 15) is 27.9 Å². The molecule has 2 amide bonds. The van der Waals surface area contributed by atoms with Gasteiger partial charge in [0.25, 0.3) is 11.8 Å². The fraction of sp³-hybridized carbons (Fsp3) is 0.125. The molecule has 0 fully saturated rings. The molecule has 10 heteroatoms. The highest BCUT2D eigenvalue weighted by molar-refractivity contribution is 8.00. The zero-order chi connectivity index (χ0) is 19.2. The van der Waals surface area contributed by atoms with Crippen molar-refractivity contribution in [2.75, 3.05) is 6.61 Å². The predicted octanol–water partition coefficient (Wildman–Crippen LogP) is 2.84. The quantitative estimate of drug-likeness (QED) is 0.543. The summed E-state index contributed by atoms with van der Waals surface area (Å²) in [5.74, 6) is -1.46. The Morgan fingerprint density at radius 1 is 1.04 bits per heavy atom. The van der Waals surface area contributed by atoms with Crippen molar-refractivity contribution in [3.05, 3.63) is 54.1 Å². The first-order valence-corrected chi connectivity index (χ1v) is 7.92. The number of ether oxygens (including phenoxy) is 1. The van der Waals surface area contributed by atoms with Crippen LogP contribution in [0.15, 0.2) is 53.4 Å². The number of alkyl halides is 3. The Kier molecular flexibility index (Phi) is 6.34. The van der Waals surface area contributed by atoms with Gasteiger partial charge in [-0.05, 0) is 48.2 Å². The van der Waals surface area contributed by atoms with E-state index in [1.807, 2.05) is 0 Å². The van der Waals surface area contributed by atoms with Crippen LogP contribution in [0, 0.1) is 0 Å². The number of hydrogen-bond donors (Lipinski definition) is 3. The van der Waals surface area contributed by atoms with Crippen LogP contribution in [0.1, 0.15) is 10.4 Å². The Morgan fingerprint density at radius 3 is 2.31 bits per heavy atom. The van der Waals surface area contributed by atoms with Crippen LogP contribution in [0.4, 0.5) is 13.2 Å². The molecule has 0 atom stereocenters. The van der Waals surface area contributed by atoms with Crippen LogP contribution in [-0.4, -0.2) is 29.0 Å². The van der Waals surface area contributed by atoms with Gasteiger partial charge in [0.05, 0.1) is 5.56 Å². The zero-order valence-electron chi connectivity index (χ0n) is 13.0. The molecule has 0 bridgehead atoms. The van der Waals surface area contributed by atoms with E-state index in [4.69, 9.17) is 4.74 Å². The average molecular weight is 386 g/mol. The van der Waals surface area contributed by atoms with Crippen LogP contribution in [0.25, 0.3) is 0 Å². The van der Waals surface area contributed by atoms with E-state index < -0.39 is 23.9 Å². The monoisotopic (exact) mass is 386 g/mol. The minimum Gasteiger partial charge on any atom is -0.507 e. The molecule has 0 aliphatic carbocycles. The van der Waals surface area contributed by atoms with Crippen LogP contribution >= 0.6 is 11.8 Å². The summed E-state index contributed by atoms with van der Waals surface area (Å²) in [7, 11) is 0. The summed E-state index contributed by atoms with van der Waals surface area (Å²) in [4.78, 5) is 23.4. The van der Waals surface area contributed by atoms with E-state index in [-0.39, 0.29) is 33.7 Å². The van der Waals surface area contributed by atoms with E-state index in [1.165, 1.54) is 42.5 Å². The van der Waals surface area contributed by atoms with Gasteiger partial charge in [0.1, 0.15) is 11.5 Å². The Labute approximate surface area is 150 Å². The summed E-state index contributed by atoms with van der Waals surface area (Å²) in [5.41, 5.74) is -0.206. The lowest BCUT2D eigenvalue weighted by atomic mass is 10.2. The molecule has 0 heterocycles. The van der Waals surface area contributed by atoms with Gasteiger partial charge in [-0.1, -0.05) is 12.1 Å². The minimum absolute atomic E-state index is 0.00997. The number of phenolic OH excluding ortho intramolecular Hbond substituents is 1. The van der Waals surface area contributed by atoms with Crippen LogP contribution in [0.2, 0.25) is 0 Å². The van der Waals surface area contributed by atoms with Crippen molar-refractivity contribution < 1.29 is 32.6 Å². The van der Waals surface area contributed by atoms with Gasteiger partial charge in [-0.15, -0.1) is 0 Å². The summed E-state index contributed by atoms with van der Waals surface area (Å²) in [6.45, 7) is -0.465. The van der Waals surface area contributed by atoms with Crippen molar-refractivity contribution in [1.29, 1.82) is 0 Å². The van der Waals surface area contributed by atoms with Crippen molar-refractivity contribution in [2.24, 2.45) is 0 Å². The van der Waals surface area contributed by atoms with E-state index in [0.29, 0.717) is 0 Å². The molecule has 26 heavy (non-hydrogen) atoms. The van der Waals surface area contributed by atoms with Gasteiger partial charge in [0, 0.05) is 4.90 Å². The van der Waals surface area contributed by atoms with Gasteiger partial charge in [-0.2, -0.15) is 13.2 Å². The lowest BCUT2D eigenvalue weighted by Crippen LogP contribution is -2.43. The van der Waals surface area contributed by atoms with Gasteiger partial charge in [-0.25, -0.2) is 0 Å². The first kappa shape index (κ1) is 19.4. The molecule has 0 radical (unpaired) electrons. The van der Waals surface area contributed by atoms with Gasteiger partial charge in [0.15, 0.2) is 6.61 Å². The number of para-hydroxylation sites is 1. The van der Waals surface area contributed by atoms with Gasteiger partial charge in [0.2, 0.25) is 0 Å². The maximum Gasteiger partial charge on any atom is 0.446 e. The molecule has 0 aliphatic rings. The Balaban J connectivity index is 1.78. The number of rotatable bonds is 5. The molecule has 0 aromatic heterocycles. The van der Waals surface area contributed by atoms with E-state index in [0.717, 1.165) is 0 Å². The van der Waals surface area contributed by atoms with Crippen LogP contribution < -0.4 is 15.6 Å². The van der Waals surface area contributed by atoms with Crippen LogP contribution in [-0.2, 0) is 4.79 Å². The molecule has 0 unspecified atom stereocenters. The zero-order valence-corrected chi connectivity index (χ0v) is 13.9. The molecule has 2 aromatic carbocycles. The normalized spacial score (nSPS) is 10.9. The molecule has 3 N–H and O–H groups in total. The third-order valence-electron chi connectivity index (χ3n) is 2.89. The maximum absolute atomic E-state index is 12.2. The molecular formula is C16H13F3N2O4S. The highest BCUT2D eigenvalue weighted by Crippen LogP contribution is 2.37. The van der Waals surface area contributed by atoms with Crippen molar-refractivity contribution in [2.45, 2.75) is 10.4 Å². The molecular weight excluding hydrogens is 373 g/mol. The van der Waals surface area contributed by atoms with Gasteiger partial charge in [-0.3, -0.25) is 20.4 Å². The van der Waals surface area contributed by atoms with E-state index in [1.54, 1.807) is 6.07 Å². The summed E-state index contributed by atoms with van der Waals surface area (Å²) in [6, 6.07) is 10.8. The Hall–Kier alpha value is -2.88. The van der Waals surface area contributed by atoms with E-state index in [2.05, 4.69) is 10.9 Å². The molecule has 6 nitrogen and oxygen atoms in total. The highest BCUT2D eigenvalue weighted by atomic mass is 32.2. The van der Waals surface area contributed by atoms with Crippen molar-refractivity contribution in [3.63, 3.8) is 0 Å². The molecule has 0 saturated carbocycles. The fourth-order valence-corrected chi connectivity index (χ4v) is 2.32. The molecule has 2 aromatic rings. The third kappa shape index (κ3) is 6.20. The summed E-state index contributed by atoms with van der Waals surface area (Å²) in [5, 5.41) is 9.52. The molecule has 2 rings (SSSR count). The van der Waals surface area contributed by atoms with Crippen molar-refractivity contribution >= 4 is 23.6 Å². The first-order chi connectivity index (χ1) is 12.2. The number of benzene rings is 2. The number of amides is 2. The minimum atomic E-state index is -4.38. The lowest BCUT2D eigenvalue weighted by molar-refractivity contribution is -0.123. The highest BCUT2D eigenvalue weighted by Gasteiger charge is 2.29. The average Bonchev–Trinajstić information content (AvgIpc) is 2.58. The Bertz CT molecular complexity index is 782. The SMILES string of the molecule is O=C(COc1ccc(SC(F)(F)F)cc1)NNC(=O)c1ccccc1O. The third-order valence-corrected chi connectivity index (χ3v) is 3.63. The van der Waals surface area contributed by atoms with Gasteiger partial charge < -0.3 is 9.84 Å². The number of thioether (sulfide) groups is 1. The van der Waals surface area contributed by atoms with Crippen LogP contribution in [0.3, 0.4) is 0 Å². The second kappa shape index (κ2) is 8.48. The topological polar surface area (TPSA) is 87.7 Å². The fourth-order valence-electron chi connectivity index (χ4n) is 1.78. The van der Waals surface area contributed by atoms with Gasteiger partial charge >= 0.3 is 5.51 Å². The largest absolute Gasteiger partial charge is 0.507 e. The van der Waals surface area contributed by atoms with Crippen molar-refractivity contribution in [3.8, 4) is 11.5 Å². The summed E-state index contributed by atoms with van der Waals surface area (Å²) in [6.07, 6.45) is 0. The standard InChI is InChI=1S/C16H13F3N2O4S/c17-16(18,19)26-11-7-5-10(6-8-11)25-9-14(23)20-21-15(24)12-3-1-2-4-13(12)22/h1-8,22H,9H2,(H,20,23)(H,21,24). The van der Waals surface area contributed by atoms with Crippen LogP contribution in [0.5, 0.6) is 11.5 Å². The first-order valence-electron chi connectivity index (χ1n) is 7.10. The predicted molar refractivity (Wildman–Crippen MR) is 87.6 cm³/mol. The molecule has 138 valence electrons. The van der Waals surface area contributed by atoms with Crippen molar-refractivity contribution in [1.82, 2.24) is 10.9 Å². The Morgan fingerprint density at radius 2 is 1.69 bits per heavy atom. The van der Waals surface area contributed by atoms with E-state index >= 15 is 0 Å². The number of nitrogens with one attached hydrogen (secondary N) is 2. The second-order valence-corrected chi connectivity index (χ2v) is 5.97. The smallest absolute Gasteiger partial charge is 0.446 e. The number of carbonyl (C=O) groups excluding carboxylic acids is 2. The number of halogens is 3.